The molecule has 1 aliphatic heterocycles. The van der Waals surface area contributed by atoms with Gasteiger partial charge in [-0.2, -0.15) is 0 Å². The third-order valence-corrected chi connectivity index (χ3v) is 5.56. The number of nitrogens with one attached hydrogen (secondary N) is 1. The molecular formula is C15H26N2O3S. The topological polar surface area (TPSA) is 69.6 Å². The Morgan fingerprint density at radius 1 is 1.19 bits per heavy atom. The smallest absolute Gasteiger partial charge is 0.304 e. The number of hydrogen-bond acceptors (Lipinski definition) is 4. The van der Waals surface area contributed by atoms with Crippen LogP contribution < -0.4 is 5.32 Å². The molecule has 2 N–H and O–H groups in total. The molecule has 1 unspecified atom stereocenters. The summed E-state index contributed by atoms with van der Waals surface area (Å²) in [7, 11) is 0. The monoisotopic (exact) mass is 314 g/mol. The van der Waals surface area contributed by atoms with E-state index in [1.807, 2.05) is 0 Å². The summed E-state index contributed by atoms with van der Waals surface area (Å²) in [4.78, 5) is 24.7. The molecule has 1 amide bonds. The minimum Gasteiger partial charge on any atom is -0.481 e. The Labute approximate surface area is 130 Å². The van der Waals surface area contributed by atoms with Crippen LogP contribution in [0.1, 0.15) is 44.9 Å². The minimum absolute atomic E-state index is 0.162. The lowest BCUT2D eigenvalue weighted by atomic mass is 10.1. The quantitative estimate of drug-likeness (QED) is 0.749. The summed E-state index contributed by atoms with van der Waals surface area (Å²) in [6, 6.07) is 0.400. The highest BCUT2D eigenvalue weighted by atomic mass is 32.2. The molecule has 0 spiro atoms. The number of likely N-dealkylation sites (tertiary alicyclic amines) is 1. The van der Waals surface area contributed by atoms with Gasteiger partial charge in [-0.15, -0.1) is 11.8 Å². The van der Waals surface area contributed by atoms with Crippen molar-refractivity contribution in [1.82, 2.24) is 10.2 Å². The molecule has 120 valence electrons. The van der Waals surface area contributed by atoms with Gasteiger partial charge in [-0.1, -0.05) is 12.8 Å². The van der Waals surface area contributed by atoms with E-state index in [1.165, 1.54) is 12.8 Å². The number of thioether (sulfide) groups is 1. The summed E-state index contributed by atoms with van der Waals surface area (Å²) in [5.41, 5.74) is 0. The molecule has 0 aromatic carbocycles. The summed E-state index contributed by atoms with van der Waals surface area (Å²) < 4.78 is 0. The van der Waals surface area contributed by atoms with Crippen molar-refractivity contribution in [2.24, 2.45) is 0 Å². The van der Waals surface area contributed by atoms with Gasteiger partial charge in [0.2, 0.25) is 5.91 Å². The number of rotatable bonds is 7. The zero-order valence-electron chi connectivity index (χ0n) is 12.6. The van der Waals surface area contributed by atoms with Crippen LogP contribution in [0, 0.1) is 0 Å². The second-order valence-corrected chi connectivity index (χ2v) is 7.36. The van der Waals surface area contributed by atoms with Crippen LogP contribution in [0.4, 0.5) is 0 Å². The maximum atomic E-state index is 11.9. The van der Waals surface area contributed by atoms with Gasteiger partial charge in [0.1, 0.15) is 0 Å². The first-order valence-electron chi connectivity index (χ1n) is 7.98. The molecule has 1 saturated heterocycles. The van der Waals surface area contributed by atoms with Crippen molar-refractivity contribution in [3.05, 3.63) is 0 Å². The third-order valence-electron chi connectivity index (χ3n) is 4.27. The van der Waals surface area contributed by atoms with Gasteiger partial charge in [-0.3, -0.25) is 9.59 Å². The Balaban J connectivity index is 1.62. The number of carbonyl (C=O) groups is 2. The lowest BCUT2D eigenvalue weighted by Crippen LogP contribution is -2.39. The van der Waals surface area contributed by atoms with Gasteiger partial charge >= 0.3 is 5.97 Å². The largest absolute Gasteiger partial charge is 0.481 e. The van der Waals surface area contributed by atoms with Gasteiger partial charge < -0.3 is 15.3 Å². The number of amides is 1. The number of hydrogen-bond donors (Lipinski definition) is 2. The standard InChI is InChI=1S/C15H26N2O3S/c18-14(16-12-4-1-2-5-12)11-21-13-6-3-8-17(10-13)9-7-15(19)20/h12-13H,1-11H2,(H,16,18)(H,19,20). The van der Waals surface area contributed by atoms with Gasteiger partial charge in [0, 0.05) is 24.4 Å². The van der Waals surface area contributed by atoms with Crippen LogP contribution in [0.3, 0.4) is 0 Å². The van der Waals surface area contributed by atoms with Crippen LogP contribution in [0.25, 0.3) is 0 Å². The molecule has 1 heterocycles. The number of carboxylic acid groups (broad SMARTS) is 1. The van der Waals surface area contributed by atoms with Crippen LogP contribution in [0.15, 0.2) is 0 Å². The molecular weight excluding hydrogens is 288 g/mol. The van der Waals surface area contributed by atoms with Crippen molar-refractivity contribution in [1.29, 1.82) is 0 Å². The van der Waals surface area contributed by atoms with Gasteiger partial charge in [0.25, 0.3) is 0 Å². The molecule has 21 heavy (non-hydrogen) atoms. The summed E-state index contributed by atoms with van der Waals surface area (Å²) in [6.45, 7) is 2.52. The van der Waals surface area contributed by atoms with Crippen molar-refractivity contribution in [3.63, 3.8) is 0 Å². The van der Waals surface area contributed by atoms with Crippen LogP contribution in [0.2, 0.25) is 0 Å². The molecule has 0 aromatic rings. The third kappa shape index (κ3) is 6.26. The van der Waals surface area contributed by atoms with Gasteiger partial charge in [0.15, 0.2) is 0 Å². The first kappa shape index (κ1) is 16.6. The van der Waals surface area contributed by atoms with E-state index in [2.05, 4.69) is 10.2 Å². The average Bonchev–Trinajstić information content (AvgIpc) is 2.96. The highest BCUT2D eigenvalue weighted by molar-refractivity contribution is 8.00. The molecule has 1 atom stereocenters. The summed E-state index contributed by atoms with van der Waals surface area (Å²) in [5.74, 6) is -0.0382. The molecule has 2 aliphatic rings. The van der Waals surface area contributed by atoms with Crippen molar-refractivity contribution < 1.29 is 14.7 Å². The summed E-state index contributed by atoms with van der Waals surface area (Å²) >= 11 is 1.73. The molecule has 0 radical (unpaired) electrons. The van der Waals surface area contributed by atoms with E-state index in [1.54, 1.807) is 11.8 Å². The fraction of sp³-hybridized carbons (Fsp3) is 0.867. The predicted molar refractivity (Wildman–Crippen MR) is 84.6 cm³/mol. The van der Waals surface area contributed by atoms with E-state index in [9.17, 15) is 9.59 Å². The maximum absolute atomic E-state index is 11.9. The second-order valence-electron chi connectivity index (χ2n) is 6.07. The number of piperidine rings is 1. The summed E-state index contributed by atoms with van der Waals surface area (Å²) in [6.07, 6.45) is 7.16. The van der Waals surface area contributed by atoms with E-state index >= 15 is 0 Å². The number of carbonyl (C=O) groups excluding carboxylic acids is 1. The first-order chi connectivity index (χ1) is 10.1. The molecule has 0 aromatic heterocycles. The zero-order chi connectivity index (χ0) is 15.1. The molecule has 1 saturated carbocycles. The molecule has 5 nitrogen and oxygen atoms in total. The van der Waals surface area contributed by atoms with Crippen LogP contribution in [-0.2, 0) is 9.59 Å². The highest BCUT2D eigenvalue weighted by Crippen LogP contribution is 2.23. The minimum atomic E-state index is -0.735. The van der Waals surface area contributed by atoms with Crippen LogP contribution >= 0.6 is 11.8 Å². The van der Waals surface area contributed by atoms with E-state index in [0.29, 0.717) is 23.6 Å². The molecule has 0 bridgehead atoms. The van der Waals surface area contributed by atoms with Crippen molar-refractivity contribution in [2.75, 3.05) is 25.4 Å². The highest BCUT2D eigenvalue weighted by Gasteiger charge is 2.22. The predicted octanol–water partition coefficient (Wildman–Crippen LogP) is 1.72. The SMILES string of the molecule is O=C(O)CCN1CCCC(SCC(=O)NC2CCCC2)C1. The number of aliphatic carboxylic acids is 1. The van der Waals surface area contributed by atoms with Crippen molar-refractivity contribution >= 4 is 23.6 Å². The van der Waals surface area contributed by atoms with E-state index < -0.39 is 5.97 Å². The van der Waals surface area contributed by atoms with E-state index in [0.717, 1.165) is 38.8 Å². The molecule has 6 heteroatoms. The van der Waals surface area contributed by atoms with Crippen LogP contribution in [-0.4, -0.2) is 58.6 Å². The Hall–Kier alpha value is -0.750. The zero-order valence-corrected chi connectivity index (χ0v) is 13.4. The first-order valence-corrected chi connectivity index (χ1v) is 9.03. The maximum Gasteiger partial charge on any atom is 0.304 e. The molecule has 2 fully saturated rings. The van der Waals surface area contributed by atoms with Gasteiger partial charge in [-0.25, -0.2) is 0 Å². The lowest BCUT2D eigenvalue weighted by molar-refractivity contribution is -0.137. The Bertz CT molecular complexity index is 359. The second kappa shape index (κ2) is 8.63. The van der Waals surface area contributed by atoms with E-state index in [-0.39, 0.29) is 12.3 Å². The molecule has 1 aliphatic carbocycles. The van der Waals surface area contributed by atoms with Crippen molar-refractivity contribution in [2.45, 2.75) is 56.2 Å². The van der Waals surface area contributed by atoms with Crippen molar-refractivity contribution in [3.8, 4) is 0 Å². The Morgan fingerprint density at radius 2 is 1.95 bits per heavy atom. The Morgan fingerprint density at radius 3 is 2.67 bits per heavy atom. The Kier molecular flexibility index (Phi) is 6.83. The van der Waals surface area contributed by atoms with Crippen LogP contribution in [0.5, 0.6) is 0 Å². The molecule has 2 rings (SSSR count). The van der Waals surface area contributed by atoms with Gasteiger partial charge in [0.05, 0.1) is 12.2 Å². The number of nitrogens with zero attached hydrogens (tertiary/aromatic N) is 1. The normalized spacial score (nSPS) is 24.1. The fourth-order valence-corrected chi connectivity index (χ4v) is 4.26. The fourth-order valence-electron chi connectivity index (χ4n) is 3.14. The summed E-state index contributed by atoms with van der Waals surface area (Å²) in [5, 5.41) is 12.3. The van der Waals surface area contributed by atoms with Gasteiger partial charge in [-0.05, 0) is 32.2 Å². The number of carboxylic acids is 1. The average molecular weight is 314 g/mol. The lowest BCUT2D eigenvalue weighted by Gasteiger charge is -2.32. The van der Waals surface area contributed by atoms with E-state index in [4.69, 9.17) is 5.11 Å².